The van der Waals surface area contributed by atoms with Gasteiger partial charge in [0.05, 0.1) is 12.7 Å². The minimum absolute atomic E-state index is 0.0548. The fourth-order valence-corrected chi connectivity index (χ4v) is 2.51. The maximum Gasteiger partial charge on any atom is 0.128 e. The average molecular weight is 249 g/mol. The van der Waals surface area contributed by atoms with Crippen LogP contribution in [0.5, 0.6) is 5.75 Å². The van der Waals surface area contributed by atoms with Crippen LogP contribution in [0, 0.1) is 19.3 Å². The van der Waals surface area contributed by atoms with Gasteiger partial charge < -0.3 is 9.84 Å². The highest BCUT2D eigenvalue weighted by atomic mass is 16.5. The van der Waals surface area contributed by atoms with Crippen molar-refractivity contribution in [2.24, 2.45) is 5.41 Å². The van der Waals surface area contributed by atoms with Gasteiger partial charge in [0, 0.05) is 29.4 Å². The highest BCUT2D eigenvalue weighted by Crippen LogP contribution is 2.54. The summed E-state index contributed by atoms with van der Waals surface area (Å²) in [6.45, 7) is 8.07. The zero-order chi connectivity index (χ0) is 13.6. The third kappa shape index (κ3) is 2.12. The largest absolute Gasteiger partial charge is 0.496 e. The van der Waals surface area contributed by atoms with Crippen LogP contribution in [-0.2, 0) is 6.42 Å². The van der Waals surface area contributed by atoms with E-state index in [2.05, 4.69) is 11.9 Å². The van der Waals surface area contributed by atoms with Gasteiger partial charge in [-0.2, -0.15) is 0 Å². The van der Waals surface area contributed by atoms with Gasteiger partial charge in [0.25, 0.3) is 0 Å². The van der Waals surface area contributed by atoms with Crippen molar-refractivity contribution in [3.63, 3.8) is 0 Å². The Morgan fingerprint density at radius 3 is 2.56 bits per heavy atom. The molecule has 18 heavy (non-hydrogen) atoms. The number of hydrogen-bond donors (Lipinski definition) is 1. The predicted molar refractivity (Wildman–Crippen MR) is 71.9 cm³/mol. The van der Waals surface area contributed by atoms with E-state index in [-0.39, 0.29) is 5.41 Å². The molecule has 0 bridgehead atoms. The lowest BCUT2D eigenvalue weighted by Gasteiger charge is -2.31. The summed E-state index contributed by atoms with van der Waals surface area (Å²) >= 11 is 0. The van der Waals surface area contributed by atoms with E-state index >= 15 is 0 Å². The molecule has 1 heterocycles. The van der Waals surface area contributed by atoms with Gasteiger partial charge in [-0.1, -0.05) is 6.92 Å². The monoisotopic (exact) mass is 249 g/mol. The summed E-state index contributed by atoms with van der Waals surface area (Å²) in [6, 6.07) is 0. The molecule has 3 nitrogen and oxygen atoms in total. The summed E-state index contributed by atoms with van der Waals surface area (Å²) in [5.41, 5.74) is 2.39. The van der Waals surface area contributed by atoms with E-state index < -0.39 is 5.60 Å². The van der Waals surface area contributed by atoms with Crippen LogP contribution in [0.25, 0.3) is 0 Å². The molecule has 1 aromatic heterocycles. The molecule has 100 valence electrons. The lowest BCUT2D eigenvalue weighted by molar-refractivity contribution is -0.00801. The number of methoxy groups -OCH3 is 1. The van der Waals surface area contributed by atoms with E-state index in [1.807, 2.05) is 27.0 Å². The molecule has 1 aromatic rings. The summed E-state index contributed by atoms with van der Waals surface area (Å²) in [4.78, 5) is 4.47. The molecule has 0 radical (unpaired) electrons. The van der Waals surface area contributed by atoms with Gasteiger partial charge in [-0.25, -0.2) is 0 Å². The summed E-state index contributed by atoms with van der Waals surface area (Å²) in [5, 5.41) is 10.6. The van der Waals surface area contributed by atoms with E-state index in [0.29, 0.717) is 6.42 Å². The predicted octanol–water partition coefficient (Wildman–Crippen LogP) is 2.80. The van der Waals surface area contributed by atoms with E-state index in [1.54, 1.807) is 7.11 Å². The summed E-state index contributed by atoms with van der Waals surface area (Å²) in [6.07, 6.45) is 4.61. The average Bonchev–Trinajstić information content (AvgIpc) is 3.03. The van der Waals surface area contributed by atoms with Crippen molar-refractivity contribution in [3.05, 3.63) is 23.0 Å². The van der Waals surface area contributed by atoms with Crippen LogP contribution >= 0.6 is 0 Å². The maximum atomic E-state index is 10.6. The minimum atomic E-state index is -0.689. The van der Waals surface area contributed by atoms with Gasteiger partial charge in [0.15, 0.2) is 0 Å². The first-order valence-electron chi connectivity index (χ1n) is 6.52. The van der Waals surface area contributed by atoms with Gasteiger partial charge in [-0.15, -0.1) is 0 Å². The molecule has 0 amide bonds. The Balaban J connectivity index is 2.30. The molecule has 1 fully saturated rings. The number of ether oxygens (including phenoxy) is 1. The van der Waals surface area contributed by atoms with E-state index in [4.69, 9.17) is 4.74 Å². The minimum Gasteiger partial charge on any atom is -0.496 e. The van der Waals surface area contributed by atoms with Crippen LogP contribution < -0.4 is 4.74 Å². The van der Waals surface area contributed by atoms with Crippen LogP contribution in [-0.4, -0.2) is 22.8 Å². The number of rotatable bonds is 4. The molecule has 1 unspecified atom stereocenters. The Morgan fingerprint density at radius 2 is 2.06 bits per heavy atom. The standard InChI is InChI=1S/C15H23NO2/c1-10-9-16-12(11(2)13(10)18-5)8-15(4,17)14(3)6-7-14/h9,17H,6-8H2,1-5H3. The second-order valence-corrected chi connectivity index (χ2v) is 6.06. The van der Waals surface area contributed by atoms with Crippen LogP contribution in [0.1, 0.15) is 43.5 Å². The SMILES string of the molecule is COc1c(C)cnc(CC(C)(O)C2(C)CC2)c1C. The van der Waals surface area contributed by atoms with Crippen molar-refractivity contribution in [2.45, 2.75) is 52.6 Å². The van der Waals surface area contributed by atoms with Crippen molar-refractivity contribution >= 4 is 0 Å². The number of aliphatic hydroxyl groups is 1. The van der Waals surface area contributed by atoms with E-state index in [9.17, 15) is 5.11 Å². The van der Waals surface area contributed by atoms with Crippen molar-refractivity contribution < 1.29 is 9.84 Å². The molecule has 3 heteroatoms. The first-order chi connectivity index (χ1) is 8.31. The lowest BCUT2D eigenvalue weighted by Crippen LogP contribution is -2.37. The molecule has 0 aromatic carbocycles. The normalized spacial score (nSPS) is 20.3. The van der Waals surface area contributed by atoms with Crippen LogP contribution in [0.15, 0.2) is 6.20 Å². The maximum absolute atomic E-state index is 10.6. The van der Waals surface area contributed by atoms with E-state index in [1.165, 1.54) is 0 Å². The first-order valence-corrected chi connectivity index (χ1v) is 6.52. The molecule has 1 saturated carbocycles. The zero-order valence-corrected chi connectivity index (χ0v) is 12.0. The molecule has 1 N–H and O–H groups in total. The third-order valence-corrected chi connectivity index (χ3v) is 4.56. The molecule has 1 aliphatic rings. The van der Waals surface area contributed by atoms with Gasteiger partial charge in [-0.05, 0) is 39.0 Å². The molecule has 0 aliphatic heterocycles. The fraction of sp³-hybridized carbons (Fsp3) is 0.667. The summed E-state index contributed by atoms with van der Waals surface area (Å²) in [5.74, 6) is 0.886. The highest BCUT2D eigenvalue weighted by molar-refractivity contribution is 5.41. The number of aryl methyl sites for hydroxylation is 1. The Morgan fingerprint density at radius 1 is 1.44 bits per heavy atom. The van der Waals surface area contributed by atoms with Crippen molar-refractivity contribution in [1.29, 1.82) is 0 Å². The van der Waals surface area contributed by atoms with Crippen molar-refractivity contribution in [2.75, 3.05) is 7.11 Å². The molecule has 0 saturated heterocycles. The summed E-state index contributed by atoms with van der Waals surface area (Å²) in [7, 11) is 1.68. The van der Waals surface area contributed by atoms with Crippen LogP contribution in [0.2, 0.25) is 0 Å². The van der Waals surface area contributed by atoms with Crippen LogP contribution in [0.4, 0.5) is 0 Å². The number of pyridine rings is 1. The Labute approximate surface area is 109 Å². The molecule has 2 rings (SSSR count). The smallest absolute Gasteiger partial charge is 0.128 e. The number of nitrogens with zero attached hydrogens (tertiary/aromatic N) is 1. The Bertz CT molecular complexity index is 462. The Hall–Kier alpha value is -1.09. The van der Waals surface area contributed by atoms with Crippen LogP contribution in [0.3, 0.4) is 0 Å². The fourth-order valence-electron chi connectivity index (χ4n) is 2.51. The van der Waals surface area contributed by atoms with Gasteiger partial charge in [0.1, 0.15) is 5.75 Å². The van der Waals surface area contributed by atoms with Gasteiger partial charge in [-0.3, -0.25) is 4.98 Å². The van der Waals surface area contributed by atoms with Crippen molar-refractivity contribution in [1.82, 2.24) is 4.98 Å². The second kappa shape index (κ2) is 4.23. The van der Waals surface area contributed by atoms with Gasteiger partial charge in [0.2, 0.25) is 0 Å². The van der Waals surface area contributed by atoms with Crippen molar-refractivity contribution in [3.8, 4) is 5.75 Å². The topological polar surface area (TPSA) is 42.4 Å². The lowest BCUT2D eigenvalue weighted by atomic mass is 9.82. The second-order valence-electron chi connectivity index (χ2n) is 6.06. The molecule has 1 aliphatic carbocycles. The molecule has 1 atom stereocenters. The highest BCUT2D eigenvalue weighted by Gasteiger charge is 2.52. The number of hydrogen-bond acceptors (Lipinski definition) is 3. The van der Waals surface area contributed by atoms with Gasteiger partial charge >= 0.3 is 0 Å². The van der Waals surface area contributed by atoms with E-state index in [0.717, 1.165) is 35.4 Å². The quantitative estimate of drug-likeness (QED) is 0.892. The molecular weight excluding hydrogens is 226 g/mol. The third-order valence-electron chi connectivity index (χ3n) is 4.56. The Kier molecular flexibility index (Phi) is 3.14. The summed E-state index contributed by atoms with van der Waals surface area (Å²) < 4.78 is 5.41. The number of aromatic nitrogens is 1. The first kappa shape index (κ1) is 13.3. The molecule has 0 spiro atoms. The molecular formula is C15H23NO2. The zero-order valence-electron chi connectivity index (χ0n) is 12.0.